The maximum atomic E-state index is 4.81. The Morgan fingerprint density at radius 1 is 1.21 bits per heavy atom. The van der Waals surface area contributed by atoms with Crippen LogP contribution in [0.15, 0.2) is 37.1 Å². The standard InChI is InChI=1S/C18H17N9S/c1-11-2-6-20-17(23-11)25-18-24-15-13-8-22-26-16(13)27(7-4-14(15)28-18)9-12-3-5-19-10-21-12/h2-3,5-6,8,10H,4,7,9H2,1H3,(H,22,26)(H,20,23,24,25). The van der Waals surface area contributed by atoms with Crippen LogP contribution in [0.25, 0.3) is 11.3 Å². The molecule has 0 radical (unpaired) electrons. The van der Waals surface area contributed by atoms with E-state index in [4.69, 9.17) is 4.98 Å². The fraction of sp³-hybridized carbons (Fsp3) is 0.222. The number of aromatic nitrogens is 7. The maximum absolute atomic E-state index is 4.81. The molecule has 0 spiro atoms. The summed E-state index contributed by atoms with van der Waals surface area (Å²) in [5.41, 5.74) is 3.82. The highest BCUT2D eigenvalue weighted by atomic mass is 32.1. The predicted octanol–water partition coefficient (Wildman–Crippen LogP) is 2.73. The molecule has 1 aliphatic rings. The minimum atomic E-state index is 0.557. The molecule has 9 nitrogen and oxygen atoms in total. The van der Waals surface area contributed by atoms with Gasteiger partial charge in [-0.25, -0.2) is 24.9 Å². The van der Waals surface area contributed by atoms with Crippen LogP contribution < -0.4 is 10.2 Å². The van der Waals surface area contributed by atoms with Gasteiger partial charge in [-0.2, -0.15) is 5.10 Å². The van der Waals surface area contributed by atoms with Crippen LogP contribution in [0.4, 0.5) is 16.9 Å². The quantitative estimate of drug-likeness (QED) is 0.547. The molecular formula is C18H17N9S. The lowest BCUT2D eigenvalue weighted by molar-refractivity contribution is 0.758. The Balaban J connectivity index is 1.45. The van der Waals surface area contributed by atoms with Crippen molar-refractivity contribution >= 4 is 28.2 Å². The van der Waals surface area contributed by atoms with Crippen LogP contribution in [0.3, 0.4) is 0 Å². The minimum Gasteiger partial charge on any atom is -0.350 e. The molecule has 1 aliphatic heterocycles. The fourth-order valence-corrected chi connectivity index (χ4v) is 4.16. The van der Waals surface area contributed by atoms with Crippen molar-refractivity contribution < 1.29 is 0 Å². The zero-order valence-electron chi connectivity index (χ0n) is 15.1. The van der Waals surface area contributed by atoms with Gasteiger partial charge in [-0.05, 0) is 19.1 Å². The van der Waals surface area contributed by atoms with E-state index in [0.29, 0.717) is 12.5 Å². The second kappa shape index (κ2) is 6.97. The molecule has 0 fully saturated rings. The zero-order valence-corrected chi connectivity index (χ0v) is 15.9. The summed E-state index contributed by atoms with van der Waals surface area (Å²) in [4.78, 5) is 25.2. The van der Waals surface area contributed by atoms with Gasteiger partial charge in [0.05, 0.1) is 29.7 Å². The molecule has 0 aromatic carbocycles. The highest BCUT2D eigenvalue weighted by molar-refractivity contribution is 7.16. The third kappa shape index (κ3) is 3.18. The zero-order chi connectivity index (χ0) is 18.9. The SMILES string of the molecule is Cc1ccnc(Nc2nc3c(s2)CCN(Cc2ccncn2)c2[nH]ncc2-3)n1. The molecule has 4 aromatic rings. The van der Waals surface area contributed by atoms with Crippen molar-refractivity contribution in [3.8, 4) is 11.3 Å². The number of nitrogens with zero attached hydrogens (tertiary/aromatic N) is 7. The number of aromatic amines is 1. The van der Waals surface area contributed by atoms with E-state index in [2.05, 4.69) is 40.3 Å². The van der Waals surface area contributed by atoms with Crippen molar-refractivity contribution in [3.63, 3.8) is 0 Å². The Kier molecular flexibility index (Phi) is 4.17. The van der Waals surface area contributed by atoms with Gasteiger partial charge >= 0.3 is 0 Å². The fourth-order valence-electron chi connectivity index (χ4n) is 3.20. The summed E-state index contributed by atoms with van der Waals surface area (Å²) in [6.45, 7) is 3.47. The van der Waals surface area contributed by atoms with Gasteiger partial charge in [0, 0.05) is 35.9 Å². The second-order valence-corrected chi connectivity index (χ2v) is 7.53. The third-order valence-corrected chi connectivity index (χ3v) is 5.54. The molecule has 0 bridgehead atoms. The van der Waals surface area contributed by atoms with Crippen LogP contribution in [0.5, 0.6) is 0 Å². The van der Waals surface area contributed by atoms with Crippen molar-refractivity contribution in [1.29, 1.82) is 0 Å². The first-order valence-electron chi connectivity index (χ1n) is 8.86. The average molecular weight is 391 g/mol. The number of hydrogen-bond acceptors (Lipinski definition) is 9. The van der Waals surface area contributed by atoms with Crippen LogP contribution in [0, 0.1) is 6.92 Å². The van der Waals surface area contributed by atoms with Crippen molar-refractivity contribution in [2.75, 3.05) is 16.8 Å². The first-order valence-corrected chi connectivity index (χ1v) is 9.68. The molecule has 5 rings (SSSR count). The number of fused-ring (bicyclic) bond motifs is 3. The molecule has 0 aliphatic carbocycles. The summed E-state index contributed by atoms with van der Waals surface area (Å²) in [6, 6.07) is 3.80. The summed E-state index contributed by atoms with van der Waals surface area (Å²) >= 11 is 1.63. The van der Waals surface area contributed by atoms with Gasteiger partial charge in [-0.1, -0.05) is 0 Å². The summed E-state index contributed by atoms with van der Waals surface area (Å²) in [7, 11) is 0. The summed E-state index contributed by atoms with van der Waals surface area (Å²) in [5, 5.41) is 11.4. The number of hydrogen-bond donors (Lipinski definition) is 2. The number of anilines is 3. The summed E-state index contributed by atoms with van der Waals surface area (Å²) in [5.74, 6) is 1.52. The monoisotopic (exact) mass is 391 g/mol. The molecule has 4 aromatic heterocycles. The van der Waals surface area contributed by atoms with Crippen LogP contribution >= 0.6 is 11.3 Å². The topological polar surface area (TPSA) is 108 Å². The van der Waals surface area contributed by atoms with Crippen LogP contribution in [-0.2, 0) is 13.0 Å². The molecule has 10 heteroatoms. The number of thiazole rings is 1. The van der Waals surface area contributed by atoms with Gasteiger partial charge in [0.25, 0.3) is 0 Å². The molecule has 0 unspecified atom stereocenters. The smallest absolute Gasteiger partial charge is 0.229 e. The van der Waals surface area contributed by atoms with Gasteiger partial charge in [0.1, 0.15) is 12.1 Å². The molecule has 0 saturated carbocycles. The van der Waals surface area contributed by atoms with E-state index < -0.39 is 0 Å². The molecule has 140 valence electrons. The number of nitrogens with one attached hydrogen (secondary N) is 2. The minimum absolute atomic E-state index is 0.557. The van der Waals surface area contributed by atoms with E-state index in [9.17, 15) is 0 Å². The first-order chi connectivity index (χ1) is 13.8. The number of H-pyrrole nitrogens is 1. The normalized spacial score (nSPS) is 13.0. The Bertz CT molecular complexity index is 1110. The molecule has 0 amide bonds. The molecule has 0 saturated heterocycles. The van der Waals surface area contributed by atoms with E-state index in [-0.39, 0.29) is 0 Å². The largest absolute Gasteiger partial charge is 0.350 e. The maximum Gasteiger partial charge on any atom is 0.229 e. The van der Waals surface area contributed by atoms with Gasteiger partial charge in [-0.3, -0.25) is 5.10 Å². The van der Waals surface area contributed by atoms with Gasteiger partial charge in [0.2, 0.25) is 5.95 Å². The van der Waals surface area contributed by atoms with Crippen LogP contribution in [0.1, 0.15) is 16.3 Å². The highest BCUT2D eigenvalue weighted by Gasteiger charge is 2.25. The lowest BCUT2D eigenvalue weighted by atomic mass is 10.2. The van der Waals surface area contributed by atoms with E-state index in [1.165, 1.54) is 4.88 Å². The Labute approximate surface area is 165 Å². The highest BCUT2D eigenvalue weighted by Crippen LogP contribution is 2.39. The molecule has 2 N–H and O–H groups in total. The molecular weight excluding hydrogens is 374 g/mol. The molecule has 5 heterocycles. The Hall–Kier alpha value is -3.40. The van der Waals surface area contributed by atoms with Gasteiger partial charge in [-0.15, -0.1) is 11.3 Å². The average Bonchev–Trinajstić information content (AvgIpc) is 3.30. The molecule has 0 atom stereocenters. The van der Waals surface area contributed by atoms with Crippen molar-refractivity contribution in [2.24, 2.45) is 0 Å². The van der Waals surface area contributed by atoms with E-state index in [0.717, 1.165) is 46.6 Å². The second-order valence-electron chi connectivity index (χ2n) is 6.44. The van der Waals surface area contributed by atoms with Crippen molar-refractivity contribution in [1.82, 2.24) is 35.1 Å². The van der Waals surface area contributed by atoms with E-state index >= 15 is 0 Å². The Morgan fingerprint density at radius 2 is 2.18 bits per heavy atom. The third-order valence-electron chi connectivity index (χ3n) is 4.51. The Morgan fingerprint density at radius 3 is 3.04 bits per heavy atom. The van der Waals surface area contributed by atoms with Gasteiger partial charge < -0.3 is 10.2 Å². The number of aryl methyl sites for hydroxylation is 1. The lowest BCUT2D eigenvalue weighted by Gasteiger charge is -2.21. The van der Waals surface area contributed by atoms with Crippen LogP contribution in [0.2, 0.25) is 0 Å². The summed E-state index contributed by atoms with van der Waals surface area (Å²) < 4.78 is 0. The number of rotatable bonds is 4. The van der Waals surface area contributed by atoms with Gasteiger partial charge in [0.15, 0.2) is 5.13 Å². The van der Waals surface area contributed by atoms with Crippen molar-refractivity contribution in [2.45, 2.75) is 19.9 Å². The summed E-state index contributed by atoms with van der Waals surface area (Å²) in [6.07, 6.45) is 7.79. The van der Waals surface area contributed by atoms with Crippen LogP contribution in [-0.4, -0.2) is 41.7 Å². The van der Waals surface area contributed by atoms with E-state index in [1.807, 2.05) is 25.3 Å². The first kappa shape index (κ1) is 16.8. The lowest BCUT2D eigenvalue weighted by Crippen LogP contribution is -2.25. The molecule has 28 heavy (non-hydrogen) atoms. The predicted molar refractivity (Wildman–Crippen MR) is 107 cm³/mol. The van der Waals surface area contributed by atoms with E-state index in [1.54, 1.807) is 30.1 Å². The van der Waals surface area contributed by atoms with Crippen molar-refractivity contribution in [3.05, 3.63) is 53.3 Å².